The van der Waals surface area contributed by atoms with Crippen LogP contribution in [0, 0.1) is 0 Å². The van der Waals surface area contributed by atoms with Gasteiger partial charge >= 0.3 is 0 Å². The average Bonchev–Trinajstić information content (AvgIpc) is 2.70. The molecule has 0 saturated carbocycles. The fourth-order valence-corrected chi connectivity index (χ4v) is 2.83. The molecule has 0 bridgehead atoms. The molecule has 1 amide bonds. The number of ether oxygens (including phenoxy) is 1. The second-order valence-electron chi connectivity index (χ2n) is 6.19. The number of rotatable bonds is 7. The van der Waals surface area contributed by atoms with Crippen LogP contribution >= 0.6 is 11.6 Å². The zero-order valence-electron chi connectivity index (χ0n) is 15.3. The maximum Gasteiger partial charge on any atom is 0.272 e. The van der Waals surface area contributed by atoms with E-state index in [0.29, 0.717) is 10.8 Å². The molecule has 0 spiro atoms. The number of para-hydroxylation sites is 1. The number of benzene rings is 2. The van der Waals surface area contributed by atoms with Crippen molar-refractivity contribution in [3.8, 4) is 5.75 Å². The first-order valence-corrected chi connectivity index (χ1v) is 9.23. The van der Waals surface area contributed by atoms with Crippen LogP contribution in [0.2, 0.25) is 5.02 Å². The lowest BCUT2D eigenvalue weighted by atomic mass is 10.1. The number of nitrogens with one attached hydrogen (secondary N) is 1. The predicted octanol–water partition coefficient (Wildman–Crippen LogP) is 3.47. The maximum atomic E-state index is 12.5. The van der Waals surface area contributed by atoms with E-state index in [-0.39, 0.29) is 36.4 Å². The van der Waals surface area contributed by atoms with Crippen molar-refractivity contribution in [2.75, 3.05) is 6.61 Å². The van der Waals surface area contributed by atoms with E-state index in [1.165, 1.54) is 16.8 Å². The molecular weight excluding hydrogens is 378 g/mol. The molecule has 0 unspecified atom stereocenters. The van der Waals surface area contributed by atoms with E-state index >= 15 is 0 Å². The van der Waals surface area contributed by atoms with E-state index in [4.69, 9.17) is 16.3 Å². The molecule has 144 valence electrons. The molecule has 0 aliphatic carbocycles. The van der Waals surface area contributed by atoms with Crippen LogP contribution in [0.1, 0.15) is 29.0 Å². The van der Waals surface area contributed by atoms with Crippen LogP contribution in [0.3, 0.4) is 0 Å². The Morgan fingerprint density at radius 3 is 2.68 bits per heavy atom. The summed E-state index contributed by atoms with van der Waals surface area (Å²) in [6.45, 7) is 2.35. The molecule has 1 N–H and O–H groups in total. The molecule has 1 aromatic heterocycles. The summed E-state index contributed by atoms with van der Waals surface area (Å²) in [5, 5.41) is 7.62. The van der Waals surface area contributed by atoms with Crippen LogP contribution in [0.4, 0.5) is 0 Å². The van der Waals surface area contributed by atoms with Gasteiger partial charge in [-0.25, -0.2) is 4.68 Å². The highest BCUT2D eigenvalue weighted by Crippen LogP contribution is 2.17. The van der Waals surface area contributed by atoms with Crippen molar-refractivity contribution in [2.24, 2.45) is 0 Å². The SMILES string of the molecule is C[C@@H](NC(=O)c1ccc(=O)n(CCOc2ccccc2)n1)c1cccc(Cl)c1. The van der Waals surface area contributed by atoms with Gasteiger partial charge in [-0.2, -0.15) is 5.10 Å². The van der Waals surface area contributed by atoms with Crippen LogP contribution in [0.5, 0.6) is 5.75 Å². The Balaban J connectivity index is 1.64. The van der Waals surface area contributed by atoms with Crippen LogP contribution in [0.15, 0.2) is 71.5 Å². The molecule has 0 radical (unpaired) electrons. The zero-order valence-corrected chi connectivity index (χ0v) is 16.1. The Bertz CT molecular complexity index is 1010. The molecule has 3 aromatic rings. The molecule has 28 heavy (non-hydrogen) atoms. The van der Waals surface area contributed by atoms with E-state index in [1.54, 1.807) is 12.1 Å². The van der Waals surface area contributed by atoms with Gasteiger partial charge < -0.3 is 10.1 Å². The summed E-state index contributed by atoms with van der Waals surface area (Å²) in [6.07, 6.45) is 0. The van der Waals surface area contributed by atoms with Gasteiger partial charge in [-0.1, -0.05) is 41.9 Å². The normalized spacial score (nSPS) is 11.6. The third-order valence-electron chi connectivity index (χ3n) is 4.11. The molecule has 0 aliphatic heterocycles. The van der Waals surface area contributed by atoms with Crippen molar-refractivity contribution in [1.29, 1.82) is 0 Å². The molecule has 0 saturated heterocycles. The number of hydrogen-bond acceptors (Lipinski definition) is 4. The number of carbonyl (C=O) groups excluding carboxylic acids is 1. The number of carbonyl (C=O) groups is 1. The van der Waals surface area contributed by atoms with Gasteiger partial charge in [0.25, 0.3) is 11.5 Å². The summed E-state index contributed by atoms with van der Waals surface area (Å²) in [5.41, 5.74) is 0.745. The summed E-state index contributed by atoms with van der Waals surface area (Å²) in [4.78, 5) is 24.5. The minimum atomic E-state index is -0.370. The highest BCUT2D eigenvalue weighted by molar-refractivity contribution is 6.30. The number of hydrogen-bond donors (Lipinski definition) is 1. The Morgan fingerprint density at radius 1 is 1.14 bits per heavy atom. The first kappa shape index (κ1) is 19.6. The van der Waals surface area contributed by atoms with Crippen LogP contribution in [0.25, 0.3) is 0 Å². The number of nitrogens with zero attached hydrogens (tertiary/aromatic N) is 2. The Hall–Kier alpha value is -3.12. The molecule has 3 rings (SSSR count). The summed E-state index contributed by atoms with van der Waals surface area (Å²) in [6, 6.07) is 19.0. The first-order valence-electron chi connectivity index (χ1n) is 8.85. The lowest BCUT2D eigenvalue weighted by Gasteiger charge is -2.15. The van der Waals surface area contributed by atoms with Crippen LogP contribution in [-0.4, -0.2) is 22.3 Å². The highest BCUT2D eigenvalue weighted by Gasteiger charge is 2.14. The Morgan fingerprint density at radius 2 is 1.93 bits per heavy atom. The summed E-state index contributed by atoms with van der Waals surface area (Å²) < 4.78 is 6.81. The molecule has 1 atom stereocenters. The fourth-order valence-electron chi connectivity index (χ4n) is 2.63. The monoisotopic (exact) mass is 397 g/mol. The van der Waals surface area contributed by atoms with Gasteiger partial charge in [0.05, 0.1) is 12.6 Å². The minimum Gasteiger partial charge on any atom is -0.492 e. The third-order valence-corrected chi connectivity index (χ3v) is 4.35. The Kier molecular flexibility index (Phi) is 6.45. The minimum absolute atomic E-state index is 0.160. The molecule has 6 nitrogen and oxygen atoms in total. The average molecular weight is 398 g/mol. The van der Waals surface area contributed by atoms with E-state index in [9.17, 15) is 9.59 Å². The van der Waals surface area contributed by atoms with Gasteiger partial charge in [-0.15, -0.1) is 0 Å². The molecule has 0 aliphatic rings. The van der Waals surface area contributed by atoms with Crippen molar-refractivity contribution in [3.63, 3.8) is 0 Å². The summed E-state index contributed by atoms with van der Waals surface area (Å²) in [5.74, 6) is 0.338. The lowest BCUT2D eigenvalue weighted by molar-refractivity contribution is 0.0931. The van der Waals surface area contributed by atoms with E-state index < -0.39 is 0 Å². The topological polar surface area (TPSA) is 73.2 Å². The van der Waals surface area contributed by atoms with E-state index in [0.717, 1.165) is 5.56 Å². The maximum absolute atomic E-state index is 12.5. The quantitative estimate of drug-likeness (QED) is 0.662. The fraction of sp³-hybridized carbons (Fsp3) is 0.190. The van der Waals surface area contributed by atoms with Gasteiger partial charge in [0.2, 0.25) is 0 Å². The van der Waals surface area contributed by atoms with Gasteiger partial charge in [-0.05, 0) is 42.8 Å². The summed E-state index contributed by atoms with van der Waals surface area (Å²) in [7, 11) is 0. The van der Waals surface area contributed by atoms with Crippen molar-refractivity contribution in [3.05, 3.63) is 93.4 Å². The second-order valence-corrected chi connectivity index (χ2v) is 6.63. The highest BCUT2D eigenvalue weighted by atomic mass is 35.5. The third kappa shape index (κ3) is 5.20. The second kappa shape index (κ2) is 9.19. The zero-order chi connectivity index (χ0) is 19.9. The van der Waals surface area contributed by atoms with Crippen molar-refractivity contribution < 1.29 is 9.53 Å². The number of amides is 1. The van der Waals surface area contributed by atoms with Crippen molar-refractivity contribution >= 4 is 17.5 Å². The van der Waals surface area contributed by atoms with Crippen molar-refractivity contribution in [1.82, 2.24) is 15.1 Å². The van der Waals surface area contributed by atoms with Gasteiger partial charge in [-0.3, -0.25) is 9.59 Å². The molecular formula is C21H20ClN3O3. The van der Waals surface area contributed by atoms with Crippen molar-refractivity contribution in [2.45, 2.75) is 19.5 Å². The van der Waals surface area contributed by atoms with Gasteiger partial charge in [0.1, 0.15) is 18.1 Å². The molecule has 1 heterocycles. The standard InChI is InChI=1S/C21H20ClN3O3/c1-15(16-6-5-7-17(22)14-16)23-21(27)19-10-11-20(26)25(24-19)12-13-28-18-8-3-2-4-9-18/h2-11,14-15H,12-13H2,1H3,(H,23,27)/t15-/m1/s1. The summed E-state index contributed by atoms with van der Waals surface area (Å²) >= 11 is 6.00. The van der Waals surface area contributed by atoms with Gasteiger partial charge in [0.15, 0.2) is 0 Å². The predicted molar refractivity (Wildman–Crippen MR) is 108 cm³/mol. The first-order chi connectivity index (χ1) is 13.5. The van der Waals surface area contributed by atoms with E-state index in [1.807, 2.05) is 49.4 Å². The molecule has 7 heteroatoms. The molecule has 2 aromatic carbocycles. The van der Waals surface area contributed by atoms with Gasteiger partial charge in [0, 0.05) is 11.1 Å². The largest absolute Gasteiger partial charge is 0.492 e. The number of aromatic nitrogens is 2. The van der Waals surface area contributed by atoms with Crippen LogP contribution in [-0.2, 0) is 6.54 Å². The Labute approximate surface area is 167 Å². The molecule has 0 fully saturated rings. The lowest BCUT2D eigenvalue weighted by Crippen LogP contribution is -2.32. The number of halogens is 1. The van der Waals surface area contributed by atoms with E-state index in [2.05, 4.69) is 10.4 Å². The van der Waals surface area contributed by atoms with Crippen LogP contribution < -0.4 is 15.6 Å². The smallest absolute Gasteiger partial charge is 0.272 e.